The third kappa shape index (κ3) is 4.01. The minimum absolute atomic E-state index is 0.0241. The van der Waals surface area contributed by atoms with Gasteiger partial charge >= 0.3 is 5.97 Å². The summed E-state index contributed by atoms with van der Waals surface area (Å²) in [5.74, 6) is -1.06. The molecule has 0 radical (unpaired) electrons. The Morgan fingerprint density at radius 3 is 2.48 bits per heavy atom. The highest BCUT2D eigenvalue weighted by Gasteiger charge is 2.26. The summed E-state index contributed by atoms with van der Waals surface area (Å²) >= 11 is 6.20. The number of ketones is 1. The Bertz CT molecular complexity index is 986. The monoisotopic (exact) mass is 381 g/mol. The number of pyridine rings is 1. The maximum Gasteiger partial charge on any atom is 0.356 e. The predicted octanol–water partition coefficient (Wildman–Crippen LogP) is 5.18. The summed E-state index contributed by atoms with van der Waals surface area (Å²) in [6.07, 6.45) is 0.354. The first-order valence-corrected chi connectivity index (χ1v) is 9.28. The van der Waals surface area contributed by atoms with Gasteiger partial charge in [0.2, 0.25) is 0 Å². The van der Waals surface area contributed by atoms with Crippen molar-refractivity contribution < 1.29 is 14.3 Å². The van der Waals surface area contributed by atoms with Crippen LogP contribution >= 0.6 is 11.6 Å². The van der Waals surface area contributed by atoms with Gasteiger partial charge in [-0.3, -0.25) is 4.79 Å². The fourth-order valence-electron chi connectivity index (χ4n) is 3.12. The van der Waals surface area contributed by atoms with Crippen LogP contribution in [0.2, 0.25) is 5.02 Å². The Balaban J connectivity index is 2.29. The molecule has 5 heteroatoms. The molecule has 0 saturated carbocycles. The molecule has 1 unspecified atom stereocenters. The molecule has 3 rings (SSSR count). The van der Waals surface area contributed by atoms with Crippen molar-refractivity contribution in [1.29, 1.82) is 0 Å². The van der Waals surface area contributed by atoms with E-state index in [-0.39, 0.29) is 18.1 Å². The van der Waals surface area contributed by atoms with Crippen LogP contribution in [0.3, 0.4) is 0 Å². The van der Waals surface area contributed by atoms with E-state index >= 15 is 0 Å². The number of Topliss-reactive ketones (excluding diaryl/α,β-unsaturated/α-hetero) is 1. The van der Waals surface area contributed by atoms with Crippen molar-refractivity contribution in [2.45, 2.75) is 26.2 Å². The van der Waals surface area contributed by atoms with Crippen LogP contribution in [0, 0.1) is 0 Å². The van der Waals surface area contributed by atoms with E-state index in [0.717, 1.165) is 16.3 Å². The number of benzene rings is 2. The number of hydrogen-bond acceptors (Lipinski definition) is 4. The molecule has 0 saturated heterocycles. The van der Waals surface area contributed by atoms with Crippen molar-refractivity contribution in [2.24, 2.45) is 0 Å². The van der Waals surface area contributed by atoms with Gasteiger partial charge in [0, 0.05) is 16.8 Å². The molecule has 0 N–H and O–H groups in total. The largest absolute Gasteiger partial charge is 0.461 e. The molecule has 138 valence electrons. The third-order valence-corrected chi connectivity index (χ3v) is 4.62. The van der Waals surface area contributed by atoms with E-state index in [1.54, 1.807) is 25.1 Å². The number of carbonyl (C=O) groups is 2. The first-order valence-electron chi connectivity index (χ1n) is 8.90. The number of rotatable bonds is 6. The van der Waals surface area contributed by atoms with Crippen LogP contribution < -0.4 is 0 Å². The van der Waals surface area contributed by atoms with Crippen LogP contribution in [0.4, 0.5) is 0 Å². The molecule has 0 amide bonds. The van der Waals surface area contributed by atoms with Gasteiger partial charge in [0.1, 0.15) is 11.5 Å². The zero-order valence-electron chi connectivity index (χ0n) is 15.2. The van der Waals surface area contributed by atoms with Crippen molar-refractivity contribution in [3.05, 3.63) is 76.6 Å². The van der Waals surface area contributed by atoms with E-state index < -0.39 is 11.9 Å². The maximum absolute atomic E-state index is 12.9. The number of halogens is 1. The molecule has 0 aliphatic carbocycles. The van der Waals surface area contributed by atoms with E-state index in [4.69, 9.17) is 16.3 Å². The van der Waals surface area contributed by atoms with E-state index in [9.17, 15) is 9.59 Å². The standard InChI is InChI=1S/C22H20ClNO3/c1-3-19(25)20(14-8-6-5-7-9-14)21-17-13-16(23)11-10-15(17)12-18(24-21)22(26)27-4-2/h5-13,20H,3-4H2,1-2H3. The fourth-order valence-corrected chi connectivity index (χ4v) is 3.29. The van der Waals surface area contributed by atoms with E-state index in [2.05, 4.69) is 4.98 Å². The van der Waals surface area contributed by atoms with Gasteiger partial charge < -0.3 is 4.74 Å². The lowest BCUT2D eigenvalue weighted by Gasteiger charge is -2.18. The van der Waals surface area contributed by atoms with E-state index in [1.807, 2.05) is 43.3 Å². The molecule has 0 bridgehead atoms. The summed E-state index contributed by atoms with van der Waals surface area (Å²) in [6, 6.07) is 16.5. The third-order valence-electron chi connectivity index (χ3n) is 4.39. The van der Waals surface area contributed by atoms with Gasteiger partial charge in [0.05, 0.1) is 18.2 Å². The molecule has 0 spiro atoms. The van der Waals surface area contributed by atoms with Crippen LogP contribution in [-0.4, -0.2) is 23.3 Å². The van der Waals surface area contributed by atoms with Gasteiger partial charge in [-0.05, 0) is 36.1 Å². The summed E-state index contributed by atoms with van der Waals surface area (Å²) in [7, 11) is 0. The Hall–Kier alpha value is -2.72. The number of ether oxygens (including phenoxy) is 1. The number of hydrogen-bond donors (Lipinski definition) is 0. The van der Waals surface area contributed by atoms with E-state index in [1.165, 1.54) is 0 Å². The predicted molar refractivity (Wildman–Crippen MR) is 106 cm³/mol. The highest BCUT2D eigenvalue weighted by Crippen LogP contribution is 2.33. The van der Waals surface area contributed by atoms with E-state index in [0.29, 0.717) is 17.1 Å². The Morgan fingerprint density at radius 1 is 1.07 bits per heavy atom. The topological polar surface area (TPSA) is 56.3 Å². The lowest BCUT2D eigenvalue weighted by molar-refractivity contribution is -0.119. The molecule has 0 aliphatic rings. The van der Waals surface area contributed by atoms with Crippen LogP contribution in [0.15, 0.2) is 54.6 Å². The zero-order chi connectivity index (χ0) is 19.4. The molecule has 4 nitrogen and oxygen atoms in total. The summed E-state index contributed by atoms with van der Waals surface area (Å²) in [4.78, 5) is 29.7. The number of esters is 1. The second kappa shape index (κ2) is 8.31. The van der Waals surface area contributed by atoms with Crippen molar-refractivity contribution in [1.82, 2.24) is 4.98 Å². The Labute approximate surface area is 163 Å². The molecule has 1 aromatic heterocycles. The minimum Gasteiger partial charge on any atom is -0.461 e. The molecular formula is C22H20ClNO3. The molecule has 0 aliphatic heterocycles. The SMILES string of the molecule is CCOC(=O)c1cc2ccc(Cl)cc2c(C(C(=O)CC)c2ccccc2)n1. The second-order valence-corrected chi connectivity index (χ2v) is 6.58. The van der Waals surface area contributed by atoms with Gasteiger partial charge in [0.25, 0.3) is 0 Å². The quantitative estimate of drug-likeness (QED) is 0.552. The van der Waals surface area contributed by atoms with Crippen LogP contribution in [-0.2, 0) is 9.53 Å². The summed E-state index contributed by atoms with van der Waals surface area (Å²) < 4.78 is 5.12. The lowest BCUT2D eigenvalue weighted by Crippen LogP contribution is -2.17. The zero-order valence-corrected chi connectivity index (χ0v) is 16.0. The van der Waals surface area contributed by atoms with Crippen LogP contribution in [0.1, 0.15) is 47.9 Å². The molecular weight excluding hydrogens is 362 g/mol. The first kappa shape index (κ1) is 19.1. The minimum atomic E-state index is -0.577. The molecule has 3 aromatic rings. The normalized spacial score (nSPS) is 12.0. The average molecular weight is 382 g/mol. The number of fused-ring (bicyclic) bond motifs is 1. The first-order chi connectivity index (χ1) is 13.0. The number of nitrogens with zero attached hydrogens (tertiary/aromatic N) is 1. The number of carbonyl (C=O) groups excluding carboxylic acids is 2. The van der Waals surface area contributed by atoms with Crippen molar-refractivity contribution >= 4 is 34.1 Å². The number of aromatic nitrogens is 1. The van der Waals surface area contributed by atoms with Gasteiger partial charge in [-0.1, -0.05) is 54.9 Å². The highest BCUT2D eigenvalue weighted by molar-refractivity contribution is 6.31. The lowest BCUT2D eigenvalue weighted by atomic mass is 9.87. The van der Waals surface area contributed by atoms with Gasteiger partial charge in [-0.2, -0.15) is 0 Å². The molecule has 1 heterocycles. The fraction of sp³-hybridized carbons (Fsp3) is 0.227. The summed E-state index contributed by atoms with van der Waals surface area (Å²) in [6.45, 7) is 3.82. The van der Waals surface area contributed by atoms with Crippen LogP contribution in [0.5, 0.6) is 0 Å². The molecule has 0 fully saturated rings. The molecule has 1 atom stereocenters. The average Bonchev–Trinajstić information content (AvgIpc) is 2.69. The second-order valence-electron chi connectivity index (χ2n) is 6.14. The van der Waals surface area contributed by atoms with Crippen LogP contribution in [0.25, 0.3) is 10.8 Å². The van der Waals surface area contributed by atoms with Gasteiger partial charge in [-0.25, -0.2) is 9.78 Å². The Morgan fingerprint density at radius 2 is 1.81 bits per heavy atom. The van der Waals surface area contributed by atoms with Gasteiger partial charge in [0.15, 0.2) is 0 Å². The van der Waals surface area contributed by atoms with Gasteiger partial charge in [-0.15, -0.1) is 0 Å². The summed E-state index contributed by atoms with van der Waals surface area (Å²) in [5, 5.41) is 2.09. The van der Waals surface area contributed by atoms with Crippen molar-refractivity contribution in [2.75, 3.05) is 6.61 Å². The maximum atomic E-state index is 12.9. The van der Waals surface area contributed by atoms with Crippen molar-refractivity contribution in [3.63, 3.8) is 0 Å². The molecule has 2 aromatic carbocycles. The molecule has 27 heavy (non-hydrogen) atoms. The van der Waals surface area contributed by atoms with Crippen molar-refractivity contribution in [3.8, 4) is 0 Å². The Kier molecular flexibility index (Phi) is 5.87. The smallest absolute Gasteiger partial charge is 0.356 e. The highest BCUT2D eigenvalue weighted by atomic mass is 35.5. The summed E-state index contributed by atoms with van der Waals surface area (Å²) in [5.41, 5.74) is 1.54.